The van der Waals surface area contributed by atoms with Crippen LogP contribution in [0.25, 0.3) is 0 Å². The molecule has 4 aliphatic rings. The minimum absolute atomic E-state index is 0.0137. The SMILES string of the molecule is COc1cccc(O[C@H](C)C(=O)NC23CC4CC(CC(C4)C2)C3)c1. The van der Waals surface area contributed by atoms with Gasteiger partial charge in [0, 0.05) is 11.6 Å². The lowest BCUT2D eigenvalue weighted by atomic mass is 9.53. The Labute approximate surface area is 143 Å². The second-order valence-electron chi connectivity index (χ2n) is 8.13. The van der Waals surface area contributed by atoms with Crippen LogP contribution in [0.3, 0.4) is 0 Å². The normalized spacial score (nSPS) is 34.7. The molecule has 5 rings (SSSR count). The summed E-state index contributed by atoms with van der Waals surface area (Å²) in [7, 11) is 1.63. The molecule has 0 saturated heterocycles. The molecule has 0 aromatic heterocycles. The van der Waals surface area contributed by atoms with Gasteiger partial charge >= 0.3 is 0 Å². The van der Waals surface area contributed by atoms with Gasteiger partial charge in [-0.1, -0.05) is 6.07 Å². The van der Waals surface area contributed by atoms with E-state index >= 15 is 0 Å². The molecule has 4 aliphatic carbocycles. The summed E-state index contributed by atoms with van der Waals surface area (Å²) in [6, 6.07) is 7.41. The average molecular weight is 329 g/mol. The predicted octanol–water partition coefficient (Wildman–Crippen LogP) is 3.55. The van der Waals surface area contributed by atoms with Crippen LogP contribution in [0.1, 0.15) is 45.4 Å². The van der Waals surface area contributed by atoms with Crippen molar-refractivity contribution in [2.45, 2.75) is 57.1 Å². The van der Waals surface area contributed by atoms with E-state index in [2.05, 4.69) is 5.32 Å². The van der Waals surface area contributed by atoms with Gasteiger partial charge in [-0.2, -0.15) is 0 Å². The summed E-state index contributed by atoms with van der Waals surface area (Å²) in [4.78, 5) is 12.7. The van der Waals surface area contributed by atoms with Gasteiger partial charge in [-0.15, -0.1) is 0 Å². The summed E-state index contributed by atoms with van der Waals surface area (Å²) in [6.45, 7) is 1.83. The third-order valence-corrected chi connectivity index (χ3v) is 6.15. The van der Waals surface area contributed by atoms with Crippen LogP contribution in [-0.2, 0) is 4.79 Å². The molecule has 4 heteroatoms. The van der Waals surface area contributed by atoms with Crippen LogP contribution in [-0.4, -0.2) is 24.7 Å². The first-order valence-electron chi connectivity index (χ1n) is 9.18. The molecular formula is C20H27NO3. The van der Waals surface area contributed by atoms with E-state index in [1.807, 2.05) is 31.2 Å². The Morgan fingerprint density at radius 2 is 1.71 bits per heavy atom. The molecule has 0 unspecified atom stereocenters. The van der Waals surface area contributed by atoms with Crippen molar-refractivity contribution in [3.63, 3.8) is 0 Å². The van der Waals surface area contributed by atoms with E-state index in [0.29, 0.717) is 5.75 Å². The smallest absolute Gasteiger partial charge is 0.261 e. The van der Waals surface area contributed by atoms with Crippen LogP contribution in [0.15, 0.2) is 24.3 Å². The highest BCUT2D eigenvalue weighted by Gasteiger charge is 2.51. The van der Waals surface area contributed by atoms with Crippen molar-refractivity contribution < 1.29 is 14.3 Å². The first kappa shape index (κ1) is 15.8. The summed E-state index contributed by atoms with van der Waals surface area (Å²) < 4.78 is 11.0. The zero-order valence-corrected chi connectivity index (χ0v) is 14.6. The van der Waals surface area contributed by atoms with Gasteiger partial charge in [0.25, 0.3) is 5.91 Å². The Balaban J connectivity index is 1.40. The zero-order valence-electron chi connectivity index (χ0n) is 14.6. The topological polar surface area (TPSA) is 47.6 Å². The number of hydrogen-bond donors (Lipinski definition) is 1. The van der Waals surface area contributed by atoms with E-state index in [9.17, 15) is 4.79 Å². The molecule has 0 aliphatic heterocycles. The molecule has 0 spiro atoms. The highest BCUT2D eigenvalue weighted by molar-refractivity contribution is 5.81. The van der Waals surface area contributed by atoms with E-state index in [1.54, 1.807) is 7.11 Å². The van der Waals surface area contributed by atoms with Crippen molar-refractivity contribution in [2.75, 3.05) is 7.11 Å². The van der Waals surface area contributed by atoms with Gasteiger partial charge in [-0.05, 0) is 75.3 Å². The fraction of sp³-hybridized carbons (Fsp3) is 0.650. The van der Waals surface area contributed by atoms with E-state index in [4.69, 9.17) is 9.47 Å². The molecule has 4 fully saturated rings. The molecule has 1 atom stereocenters. The van der Waals surface area contributed by atoms with E-state index in [0.717, 1.165) is 42.8 Å². The maximum atomic E-state index is 12.7. The Hall–Kier alpha value is -1.71. The largest absolute Gasteiger partial charge is 0.497 e. The first-order chi connectivity index (χ1) is 11.5. The number of benzene rings is 1. The quantitative estimate of drug-likeness (QED) is 0.899. The molecule has 4 saturated carbocycles. The van der Waals surface area contributed by atoms with Crippen molar-refractivity contribution in [3.05, 3.63) is 24.3 Å². The Morgan fingerprint density at radius 3 is 2.29 bits per heavy atom. The fourth-order valence-electron chi connectivity index (χ4n) is 5.56. The van der Waals surface area contributed by atoms with Crippen LogP contribution >= 0.6 is 0 Å². The van der Waals surface area contributed by atoms with E-state index < -0.39 is 6.10 Å². The molecule has 1 amide bonds. The first-order valence-corrected chi connectivity index (χ1v) is 9.18. The van der Waals surface area contributed by atoms with Gasteiger partial charge < -0.3 is 14.8 Å². The zero-order chi connectivity index (χ0) is 16.7. The van der Waals surface area contributed by atoms with E-state index in [-0.39, 0.29) is 11.4 Å². The number of ether oxygens (including phenoxy) is 2. The standard InChI is InChI=1S/C20H27NO3/c1-13(24-18-5-3-4-17(9-18)23-2)19(22)21-20-10-14-6-15(11-20)8-16(7-14)12-20/h3-5,9,13-16H,6-8,10-12H2,1-2H3,(H,21,22)/t13-,14?,15?,16?,20?/m1/s1. The number of rotatable bonds is 5. The molecule has 1 N–H and O–H groups in total. The Bertz CT molecular complexity index is 592. The minimum atomic E-state index is -0.495. The molecule has 0 radical (unpaired) electrons. The van der Waals surface area contributed by atoms with Crippen LogP contribution in [0, 0.1) is 17.8 Å². The second-order valence-corrected chi connectivity index (χ2v) is 8.13. The molecule has 0 heterocycles. The summed E-state index contributed by atoms with van der Waals surface area (Å²) >= 11 is 0. The number of nitrogens with one attached hydrogen (secondary N) is 1. The molecule has 130 valence electrons. The van der Waals surface area contributed by atoms with Gasteiger partial charge in [0.2, 0.25) is 0 Å². The highest BCUT2D eigenvalue weighted by atomic mass is 16.5. The number of carbonyl (C=O) groups excluding carboxylic acids is 1. The monoisotopic (exact) mass is 329 g/mol. The van der Waals surface area contributed by atoms with Gasteiger partial charge in [0.1, 0.15) is 11.5 Å². The Kier molecular flexibility index (Phi) is 3.93. The van der Waals surface area contributed by atoms with Gasteiger partial charge in [0.15, 0.2) is 6.10 Å². The maximum absolute atomic E-state index is 12.7. The van der Waals surface area contributed by atoms with Crippen molar-refractivity contribution in [1.82, 2.24) is 5.32 Å². The highest BCUT2D eigenvalue weighted by Crippen LogP contribution is 2.55. The lowest BCUT2D eigenvalue weighted by molar-refractivity contribution is -0.133. The molecule has 4 bridgehead atoms. The number of hydrogen-bond acceptors (Lipinski definition) is 3. The summed E-state index contributed by atoms with van der Waals surface area (Å²) in [5, 5.41) is 3.38. The van der Waals surface area contributed by atoms with Crippen LogP contribution < -0.4 is 14.8 Å². The Morgan fingerprint density at radius 1 is 1.12 bits per heavy atom. The van der Waals surface area contributed by atoms with Crippen LogP contribution in [0.2, 0.25) is 0 Å². The predicted molar refractivity (Wildman–Crippen MR) is 92.1 cm³/mol. The fourth-order valence-corrected chi connectivity index (χ4v) is 5.56. The molecular weight excluding hydrogens is 302 g/mol. The van der Waals surface area contributed by atoms with Crippen LogP contribution in [0.5, 0.6) is 11.5 Å². The second kappa shape index (κ2) is 5.98. The number of amides is 1. The van der Waals surface area contributed by atoms with Gasteiger partial charge in [-0.3, -0.25) is 4.79 Å². The summed E-state index contributed by atoms with van der Waals surface area (Å²) in [6.07, 6.45) is 7.13. The molecule has 24 heavy (non-hydrogen) atoms. The van der Waals surface area contributed by atoms with Crippen molar-refractivity contribution in [1.29, 1.82) is 0 Å². The van der Waals surface area contributed by atoms with E-state index in [1.165, 1.54) is 19.3 Å². The molecule has 1 aromatic rings. The maximum Gasteiger partial charge on any atom is 0.261 e. The summed E-state index contributed by atoms with van der Waals surface area (Å²) in [5.41, 5.74) is 0.0395. The lowest BCUT2D eigenvalue weighted by Gasteiger charge is -2.57. The average Bonchev–Trinajstić information content (AvgIpc) is 2.53. The molecule has 4 nitrogen and oxygen atoms in total. The van der Waals surface area contributed by atoms with Crippen molar-refractivity contribution in [3.8, 4) is 11.5 Å². The van der Waals surface area contributed by atoms with Crippen LogP contribution in [0.4, 0.5) is 0 Å². The third-order valence-electron chi connectivity index (χ3n) is 6.15. The summed E-state index contributed by atoms with van der Waals surface area (Å²) in [5.74, 6) is 3.90. The van der Waals surface area contributed by atoms with Gasteiger partial charge in [0.05, 0.1) is 7.11 Å². The van der Waals surface area contributed by atoms with Gasteiger partial charge in [-0.25, -0.2) is 0 Å². The van der Waals surface area contributed by atoms with Crippen molar-refractivity contribution >= 4 is 5.91 Å². The third kappa shape index (κ3) is 2.99. The van der Waals surface area contributed by atoms with Crippen molar-refractivity contribution in [2.24, 2.45) is 17.8 Å². The number of methoxy groups -OCH3 is 1. The number of carbonyl (C=O) groups is 1. The molecule has 1 aromatic carbocycles. The lowest BCUT2D eigenvalue weighted by Crippen LogP contribution is -2.61. The minimum Gasteiger partial charge on any atom is -0.497 e.